The molecule has 0 saturated heterocycles. The van der Waals surface area contributed by atoms with Crippen molar-refractivity contribution in [1.82, 2.24) is 5.32 Å². The predicted octanol–water partition coefficient (Wildman–Crippen LogP) is 3.27. The highest BCUT2D eigenvalue weighted by Crippen LogP contribution is 2.42. The largest absolute Gasteiger partial charge is 0.312 e. The molecule has 1 aromatic carbocycles. The normalized spacial score (nSPS) is 29.1. The van der Waals surface area contributed by atoms with E-state index in [9.17, 15) is 8.78 Å². The van der Waals surface area contributed by atoms with Crippen LogP contribution in [-0.2, 0) is 6.54 Å². The molecule has 0 heterocycles. The van der Waals surface area contributed by atoms with Gasteiger partial charge >= 0.3 is 0 Å². The van der Waals surface area contributed by atoms with E-state index in [2.05, 4.69) is 17.5 Å². The minimum Gasteiger partial charge on any atom is -0.312 e. The Morgan fingerprint density at radius 3 is 2.67 bits per heavy atom. The number of halogens is 2. The smallest absolute Gasteiger partial charge is 0.159 e. The molecule has 0 amide bonds. The van der Waals surface area contributed by atoms with Crippen LogP contribution in [0.15, 0.2) is 30.4 Å². The summed E-state index contributed by atoms with van der Waals surface area (Å²) in [6.45, 7) is 1.57. The van der Waals surface area contributed by atoms with Crippen molar-refractivity contribution in [2.24, 2.45) is 17.8 Å². The summed E-state index contributed by atoms with van der Waals surface area (Å²) in [5.74, 6) is 0.678. The van der Waals surface area contributed by atoms with Crippen LogP contribution in [0.1, 0.15) is 18.4 Å². The van der Waals surface area contributed by atoms with Crippen LogP contribution in [0.3, 0.4) is 0 Å². The van der Waals surface area contributed by atoms with Gasteiger partial charge in [-0.05, 0) is 54.8 Å². The maximum Gasteiger partial charge on any atom is 0.159 e. The van der Waals surface area contributed by atoms with Gasteiger partial charge in [0.1, 0.15) is 0 Å². The van der Waals surface area contributed by atoms with Crippen molar-refractivity contribution in [3.63, 3.8) is 0 Å². The standard InChI is InChI=1S/C15H17F2N/c16-14-4-2-11(7-15(14)17)8-18-9-13-6-10-1-3-12(13)5-10/h1-4,7,10,12-13,18H,5-6,8-9H2. The van der Waals surface area contributed by atoms with Crippen LogP contribution in [0.25, 0.3) is 0 Å². The highest BCUT2D eigenvalue weighted by molar-refractivity contribution is 5.17. The van der Waals surface area contributed by atoms with Crippen LogP contribution in [0.4, 0.5) is 8.78 Å². The molecule has 1 N–H and O–H groups in total. The number of benzene rings is 1. The van der Waals surface area contributed by atoms with Gasteiger partial charge in [0.15, 0.2) is 11.6 Å². The van der Waals surface area contributed by atoms with E-state index in [0.29, 0.717) is 12.5 Å². The molecule has 0 aliphatic heterocycles. The first-order chi connectivity index (χ1) is 8.72. The van der Waals surface area contributed by atoms with Crippen LogP contribution in [0.2, 0.25) is 0 Å². The summed E-state index contributed by atoms with van der Waals surface area (Å²) in [7, 11) is 0. The molecule has 0 aromatic heterocycles. The molecule has 3 atom stereocenters. The maximum absolute atomic E-state index is 13.0. The van der Waals surface area contributed by atoms with Crippen LogP contribution in [0.5, 0.6) is 0 Å². The van der Waals surface area contributed by atoms with Gasteiger partial charge in [-0.25, -0.2) is 8.78 Å². The van der Waals surface area contributed by atoms with Crippen molar-refractivity contribution in [2.75, 3.05) is 6.54 Å². The van der Waals surface area contributed by atoms with Crippen molar-refractivity contribution < 1.29 is 8.78 Å². The zero-order valence-electron chi connectivity index (χ0n) is 10.2. The fourth-order valence-electron chi connectivity index (χ4n) is 3.18. The number of fused-ring (bicyclic) bond motifs is 2. The second-order valence-electron chi connectivity index (χ2n) is 5.42. The molecule has 3 unspecified atom stereocenters. The summed E-state index contributed by atoms with van der Waals surface area (Å²) >= 11 is 0. The third-order valence-electron chi connectivity index (χ3n) is 4.14. The third kappa shape index (κ3) is 2.32. The third-order valence-corrected chi connectivity index (χ3v) is 4.14. The molecule has 3 rings (SSSR count). The van der Waals surface area contributed by atoms with Gasteiger partial charge in [-0.3, -0.25) is 0 Å². The number of hydrogen-bond donors (Lipinski definition) is 1. The lowest BCUT2D eigenvalue weighted by Gasteiger charge is -2.18. The average Bonchev–Trinajstić information content (AvgIpc) is 2.96. The molecule has 2 aliphatic carbocycles. The lowest BCUT2D eigenvalue weighted by Crippen LogP contribution is -2.25. The predicted molar refractivity (Wildman–Crippen MR) is 66.9 cm³/mol. The average molecular weight is 249 g/mol. The highest BCUT2D eigenvalue weighted by Gasteiger charge is 2.34. The van der Waals surface area contributed by atoms with Crippen molar-refractivity contribution in [3.05, 3.63) is 47.5 Å². The quantitative estimate of drug-likeness (QED) is 0.808. The number of rotatable bonds is 4. The molecule has 2 aliphatic rings. The minimum atomic E-state index is -0.781. The van der Waals surface area contributed by atoms with Gasteiger partial charge in [-0.2, -0.15) is 0 Å². The van der Waals surface area contributed by atoms with E-state index in [4.69, 9.17) is 0 Å². The van der Waals surface area contributed by atoms with Gasteiger partial charge in [0.2, 0.25) is 0 Å². The second kappa shape index (κ2) is 4.81. The van der Waals surface area contributed by atoms with Gasteiger partial charge in [0, 0.05) is 6.54 Å². The molecule has 2 bridgehead atoms. The molecule has 1 aromatic rings. The first-order valence-corrected chi connectivity index (χ1v) is 6.55. The number of hydrogen-bond acceptors (Lipinski definition) is 1. The molecular weight excluding hydrogens is 232 g/mol. The fraction of sp³-hybridized carbons (Fsp3) is 0.467. The first kappa shape index (κ1) is 11.8. The molecular formula is C15H17F2N. The Balaban J connectivity index is 1.50. The van der Waals surface area contributed by atoms with E-state index in [0.717, 1.165) is 23.9 Å². The van der Waals surface area contributed by atoms with E-state index in [1.807, 2.05) is 0 Å². The van der Waals surface area contributed by atoms with Crippen molar-refractivity contribution in [1.29, 1.82) is 0 Å². The van der Waals surface area contributed by atoms with Crippen molar-refractivity contribution >= 4 is 0 Å². The van der Waals surface area contributed by atoms with Gasteiger partial charge in [0.05, 0.1) is 0 Å². The van der Waals surface area contributed by atoms with Crippen LogP contribution in [0, 0.1) is 29.4 Å². The Kier molecular flexibility index (Phi) is 3.16. The van der Waals surface area contributed by atoms with Gasteiger partial charge in [-0.1, -0.05) is 18.2 Å². The van der Waals surface area contributed by atoms with Gasteiger partial charge < -0.3 is 5.32 Å². The Hall–Kier alpha value is -1.22. The topological polar surface area (TPSA) is 12.0 Å². The zero-order valence-corrected chi connectivity index (χ0v) is 10.2. The Bertz CT molecular complexity index is 470. The summed E-state index contributed by atoms with van der Waals surface area (Å²) in [6, 6.07) is 4.09. The molecule has 3 heteroatoms. The second-order valence-corrected chi connectivity index (χ2v) is 5.42. The summed E-state index contributed by atoms with van der Waals surface area (Å²) in [6.07, 6.45) is 7.23. The maximum atomic E-state index is 13.0. The Labute approximate surface area is 106 Å². The van der Waals surface area contributed by atoms with Gasteiger partial charge in [0.25, 0.3) is 0 Å². The minimum absolute atomic E-state index is 0.606. The molecule has 96 valence electrons. The van der Waals surface area contributed by atoms with Crippen molar-refractivity contribution in [3.8, 4) is 0 Å². The van der Waals surface area contributed by atoms with E-state index in [-0.39, 0.29) is 0 Å². The summed E-state index contributed by atoms with van der Waals surface area (Å²) in [4.78, 5) is 0. The summed E-state index contributed by atoms with van der Waals surface area (Å²) < 4.78 is 25.8. The SMILES string of the molecule is Fc1ccc(CNCC2CC3C=CC2C3)cc1F. The first-order valence-electron chi connectivity index (χ1n) is 6.55. The van der Waals surface area contributed by atoms with Crippen molar-refractivity contribution in [2.45, 2.75) is 19.4 Å². The lowest BCUT2D eigenvalue weighted by atomic mass is 9.93. The highest BCUT2D eigenvalue weighted by atomic mass is 19.2. The molecule has 18 heavy (non-hydrogen) atoms. The van der Waals surface area contributed by atoms with E-state index in [1.165, 1.54) is 25.0 Å². The van der Waals surface area contributed by atoms with Crippen LogP contribution < -0.4 is 5.32 Å². The monoisotopic (exact) mass is 249 g/mol. The van der Waals surface area contributed by atoms with Crippen LogP contribution in [-0.4, -0.2) is 6.54 Å². The number of allylic oxidation sites excluding steroid dienone is 2. The number of nitrogens with one attached hydrogen (secondary N) is 1. The summed E-state index contributed by atoms with van der Waals surface area (Å²) in [5.41, 5.74) is 0.799. The molecule has 0 radical (unpaired) electrons. The fourth-order valence-corrected chi connectivity index (χ4v) is 3.18. The van der Waals surface area contributed by atoms with Gasteiger partial charge in [-0.15, -0.1) is 0 Å². The molecule has 1 saturated carbocycles. The molecule has 0 spiro atoms. The van der Waals surface area contributed by atoms with Crippen LogP contribution >= 0.6 is 0 Å². The zero-order chi connectivity index (χ0) is 12.5. The van der Waals surface area contributed by atoms with E-state index in [1.54, 1.807) is 6.07 Å². The lowest BCUT2D eigenvalue weighted by molar-refractivity contribution is 0.413. The molecule has 1 nitrogen and oxygen atoms in total. The van der Waals surface area contributed by atoms with E-state index < -0.39 is 11.6 Å². The summed E-state index contributed by atoms with van der Waals surface area (Å²) in [5, 5.41) is 3.35. The molecule has 1 fully saturated rings. The Morgan fingerprint density at radius 2 is 2.00 bits per heavy atom. The van der Waals surface area contributed by atoms with E-state index >= 15 is 0 Å². The Morgan fingerprint density at radius 1 is 1.11 bits per heavy atom.